The molecule has 1 unspecified atom stereocenters. The van der Waals surface area contributed by atoms with E-state index in [4.69, 9.17) is 0 Å². The third-order valence-corrected chi connectivity index (χ3v) is 5.99. The van der Waals surface area contributed by atoms with Crippen LogP contribution in [0.1, 0.15) is 22.9 Å². The third-order valence-electron chi connectivity index (χ3n) is 5.99. The van der Waals surface area contributed by atoms with Crippen molar-refractivity contribution in [1.82, 2.24) is 9.88 Å². The van der Waals surface area contributed by atoms with Crippen molar-refractivity contribution in [1.29, 1.82) is 0 Å². The predicted octanol–water partition coefficient (Wildman–Crippen LogP) is 7.00. The van der Waals surface area contributed by atoms with Gasteiger partial charge in [-0.15, -0.1) is 12.1 Å². The van der Waals surface area contributed by atoms with Crippen LogP contribution in [0.4, 0.5) is 8.78 Å². The van der Waals surface area contributed by atoms with Crippen LogP contribution in [0.5, 0.6) is 0 Å². The number of benzene rings is 3. The van der Waals surface area contributed by atoms with E-state index in [1.54, 1.807) is 6.20 Å². The van der Waals surface area contributed by atoms with Crippen LogP contribution < -0.4 is 0 Å². The molecule has 3 heterocycles. The molecule has 0 fully saturated rings. The summed E-state index contributed by atoms with van der Waals surface area (Å²) < 4.78 is 27.1. The second-order valence-corrected chi connectivity index (χ2v) is 8.18. The summed E-state index contributed by atoms with van der Waals surface area (Å²) in [5, 5.41) is 4.41. The van der Waals surface area contributed by atoms with Gasteiger partial charge in [-0.25, -0.2) is 0 Å². The molecule has 176 valence electrons. The average Bonchev–Trinajstić information content (AvgIpc) is 3.35. The first kappa shape index (κ1) is 24.8. The number of hydrogen-bond donors (Lipinski definition) is 0. The van der Waals surface area contributed by atoms with E-state index in [2.05, 4.69) is 45.7 Å². The quantitative estimate of drug-likeness (QED) is 0.221. The molecule has 2 aliphatic heterocycles. The molecule has 3 nitrogen and oxygen atoms in total. The summed E-state index contributed by atoms with van der Waals surface area (Å²) >= 11 is 0. The summed E-state index contributed by atoms with van der Waals surface area (Å²) in [6, 6.07) is 25.6. The largest absolute Gasteiger partial charge is 3.00 e. The van der Waals surface area contributed by atoms with Gasteiger partial charge in [-0.3, -0.25) is 8.78 Å². The minimum Gasteiger partial charge on any atom is -0.668 e. The van der Waals surface area contributed by atoms with Gasteiger partial charge >= 0.3 is 20.1 Å². The number of halogens is 2. The van der Waals surface area contributed by atoms with Crippen molar-refractivity contribution in [3.8, 4) is 22.4 Å². The summed E-state index contributed by atoms with van der Waals surface area (Å²) in [6.45, 7) is 3.02. The zero-order valence-corrected chi connectivity index (χ0v) is 21.4. The molecule has 6 rings (SSSR count). The molecule has 0 bridgehead atoms. The molecule has 4 aromatic rings. The Morgan fingerprint density at radius 2 is 1.89 bits per heavy atom. The van der Waals surface area contributed by atoms with Gasteiger partial charge in [-0.1, -0.05) is 48.4 Å². The number of nitrogens with zero attached hydrogens (tertiary/aromatic N) is 3. The molecule has 35 heavy (non-hydrogen) atoms. The second kappa shape index (κ2) is 10.9. The summed E-state index contributed by atoms with van der Waals surface area (Å²) in [5.41, 5.74) is 6.05. The Morgan fingerprint density at radius 3 is 2.69 bits per heavy atom. The molecule has 0 amide bonds. The maximum Gasteiger partial charge on any atom is 3.00 e. The zero-order valence-electron chi connectivity index (χ0n) is 19.0. The van der Waals surface area contributed by atoms with E-state index in [1.807, 2.05) is 55.6 Å². The van der Waals surface area contributed by atoms with Crippen molar-refractivity contribution >= 4 is 0 Å². The molecule has 0 saturated carbocycles. The second-order valence-electron chi connectivity index (χ2n) is 8.18. The number of aryl methyl sites for hydroxylation is 1. The molecule has 0 aliphatic carbocycles. The van der Waals surface area contributed by atoms with Crippen LogP contribution in [0.25, 0.3) is 27.7 Å². The first-order valence-corrected chi connectivity index (χ1v) is 11.1. The number of pyridine rings is 1. The van der Waals surface area contributed by atoms with Crippen LogP contribution in [0.2, 0.25) is 0 Å². The molecule has 0 N–H and O–H groups in total. The van der Waals surface area contributed by atoms with Crippen LogP contribution >= 0.6 is 0 Å². The monoisotopic (exact) mass is 643 g/mol. The molecular weight excluding hydrogens is 621 g/mol. The van der Waals surface area contributed by atoms with Crippen LogP contribution in [0.3, 0.4) is 0 Å². The summed E-state index contributed by atoms with van der Waals surface area (Å²) in [4.78, 5) is 6.55. The number of fused-ring (bicyclic) bond motifs is 3. The average molecular weight is 643 g/mol. The van der Waals surface area contributed by atoms with E-state index in [0.29, 0.717) is 5.69 Å². The van der Waals surface area contributed by atoms with E-state index in [-0.39, 0.29) is 31.8 Å². The predicted molar refractivity (Wildman–Crippen MR) is 130 cm³/mol. The maximum absolute atomic E-state index is 14.1. The summed E-state index contributed by atoms with van der Waals surface area (Å²) in [7, 11) is 0. The van der Waals surface area contributed by atoms with Gasteiger partial charge in [0.15, 0.2) is 0 Å². The molecule has 6 heteroatoms. The maximum atomic E-state index is 14.1. The minimum atomic E-state index is -0.662. The zero-order chi connectivity index (χ0) is 23.5. The van der Waals surface area contributed by atoms with E-state index in [9.17, 15) is 8.78 Å². The number of hydrogen-bond acceptors (Lipinski definition) is 2. The van der Waals surface area contributed by atoms with Crippen LogP contribution in [0, 0.1) is 30.7 Å². The van der Waals surface area contributed by atoms with Gasteiger partial charge in [0.2, 0.25) is 0 Å². The Kier molecular flexibility index (Phi) is 7.74. The Bertz CT molecular complexity index is 1340. The van der Waals surface area contributed by atoms with Crippen molar-refractivity contribution in [2.75, 3.05) is 6.54 Å². The number of aromatic nitrogens is 1. The topological polar surface area (TPSA) is 30.2 Å². The normalized spacial score (nSPS) is 15.2. The number of rotatable bonds is 2. The van der Waals surface area contributed by atoms with E-state index < -0.39 is 11.6 Å². The summed E-state index contributed by atoms with van der Waals surface area (Å²) in [6.07, 6.45) is 6.90. The van der Waals surface area contributed by atoms with Crippen LogP contribution in [0.15, 0.2) is 85.3 Å². The van der Waals surface area contributed by atoms with Gasteiger partial charge in [0, 0.05) is 24.4 Å². The van der Waals surface area contributed by atoms with Gasteiger partial charge in [-0.05, 0) is 47.7 Å². The van der Waals surface area contributed by atoms with Gasteiger partial charge in [0.05, 0.1) is 0 Å². The smallest absolute Gasteiger partial charge is 0.668 e. The van der Waals surface area contributed by atoms with Crippen molar-refractivity contribution < 1.29 is 28.9 Å². The molecule has 1 aromatic heterocycles. The molecule has 1 atom stereocenters. The fourth-order valence-electron chi connectivity index (χ4n) is 4.35. The molecule has 0 saturated heterocycles. The Labute approximate surface area is 217 Å². The molecular formula is C29H22F2IrN3. The third kappa shape index (κ3) is 5.19. The molecule has 0 radical (unpaired) electrons. The first-order chi connectivity index (χ1) is 16.6. The molecule has 2 aliphatic rings. The van der Waals surface area contributed by atoms with Gasteiger partial charge in [-0.2, -0.15) is 41.6 Å². The Hall–Kier alpha value is -3.34. The molecule has 3 aromatic carbocycles. The fourth-order valence-corrected chi connectivity index (χ4v) is 4.35. The van der Waals surface area contributed by atoms with Crippen molar-refractivity contribution in [3.05, 3.63) is 131 Å². The van der Waals surface area contributed by atoms with Crippen LogP contribution in [-0.2, 0) is 26.5 Å². The van der Waals surface area contributed by atoms with Gasteiger partial charge < -0.3 is 15.2 Å². The Morgan fingerprint density at radius 1 is 1.06 bits per heavy atom. The van der Waals surface area contributed by atoms with Gasteiger partial charge in [0.25, 0.3) is 0 Å². The minimum absolute atomic E-state index is 0. The van der Waals surface area contributed by atoms with E-state index >= 15 is 0 Å². The van der Waals surface area contributed by atoms with Crippen molar-refractivity contribution in [2.45, 2.75) is 19.5 Å². The summed E-state index contributed by atoms with van der Waals surface area (Å²) in [5.74, 6) is -1.31. The molecule has 0 spiro atoms. The van der Waals surface area contributed by atoms with Crippen LogP contribution in [-0.4, -0.2) is 16.4 Å². The van der Waals surface area contributed by atoms with Crippen molar-refractivity contribution in [3.63, 3.8) is 0 Å². The standard InChI is InChI=1S/C18H12F2N.C11H10N2.Ir/c1-12-9-10-21-18(15-8-7-14(19)11-16(15)20)17(12)13-5-3-2-4-6-13;1-2-4-10-9(3-1)5-7-13-8-6-12-11(10)13;/h2-7,9-11H,1H3;1-3,6,8,11H,5,7H2;/q-1;-2;+3. The van der Waals surface area contributed by atoms with E-state index in [0.717, 1.165) is 41.8 Å². The fraction of sp³-hybridized carbons (Fsp3) is 0.138. The van der Waals surface area contributed by atoms with Gasteiger partial charge in [0.1, 0.15) is 0 Å². The van der Waals surface area contributed by atoms with Crippen molar-refractivity contribution in [2.24, 2.45) is 0 Å². The first-order valence-electron chi connectivity index (χ1n) is 11.1. The Balaban J connectivity index is 0.000000177. The van der Waals surface area contributed by atoms with E-state index in [1.165, 1.54) is 11.1 Å². The SMILES string of the molecule is Cc1ccnc(-c2[c-]cc(F)cc2F)c1-c1ccccc1.[Ir+3].[c-]1cccc2c1C1[N-]C=CN1CC2.